The first-order valence-corrected chi connectivity index (χ1v) is 6.84. The molecule has 1 aliphatic carbocycles. The third-order valence-electron chi connectivity index (χ3n) is 3.86. The van der Waals surface area contributed by atoms with Crippen LogP contribution >= 0.6 is 0 Å². The zero-order valence-electron chi connectivity index (χ0n) is 11.6. The molecule has 0 unspecified atom stereocenters. The Kier molecular flexibility index (Phi) is 3.91. The Morgan fingerprint density at radius 2 is 2.00 bits per heavy atom. The van der Waals surface area contributed by atoms with Crippen molar-refractivity contribution < 1.29 is 4.74 Å². The van der Waals surface area contributed by atoms with Gasteiger partial charge in [-0.05, 0) is 43.6 Å². The van der Waals surface area contributed by atoms with E-state index in [1.54, 1.807) is 0 Å². The minimum atomic E-state index is 0.0297. The fraction of sp³-hybridized carbons (Fsp3) is 0.667. The van der Waals surface area contributed by atoms with Gasteiger partial charge in [0, 0.05) is 18.3 Å². The standard InChI is InChI=1S/C15H24N2O/c1-11(16)12-4-5-14(17-10-12)18-13-6-8-15(2,3)9-7-13/h4-5,10-11,13H,6-9,16H2,1-3H3/t11-/m0/s1. The quantitative estimate of drug-likeness (QED) is 0.891. The van der Waals surface area contributed by atoms with Crippen LogP contribution in [0.4, 0.5) is 0 Å². The lowest BCUT2D eigenvalue weighted by Gasteiger charge is -2.34. The molecule has 100 valence electrons. The highest BCUT2D eigenvalue weighted by Crippen LogP contribution is 2.36. The van der Waals surface area contributed by atoms with Crippen LogP contribution in [-0.4, -0.2) is 11.1 Å². The first-order chi connectivity index (χ1) is 8.46. The lowest BCUT2D eigenvalue weighted by Crippen LogP contribution is -2.28. The molecule has 1 atom stereocenters. The van der Waals surface area contributed by atoms with Gasteiger partial charge in [0.2, 0.25) is 5.88 Å². The average Bonchev–Trinajstić information content (AvgIpc) is 2.33. The normalized spacial score (nSPS) is 21.6. The van der Waals surface area contributed by atoms with Gasteiger partial charge in [-0.25, -0.2) is 4.98 Å². The van der Waals surface area contributed by atoms with Crippen LogP contribution in [0.3, 0.4) is 0 Å². The van der Waals surface area contributed by atoms with Crippen molar-refractivity contribution in [3.05, 3.63) is 23.9 Å². The van der Waals surface area contributed by atoms with Crippen molar-refractivity contribution in [2.45, 2.75) is 58.6 Å². The van der Waals surface area contributed by atoms with Gasteiger partial charge in [0.25, 0.3) is 0 Å². The fourth-order valence-corrected chi connectivity index (χ4v) is 2.39. The molecule has 1 aromatic rings. The van der Waals surface area contributed by atoms with Gasteiger partial charge in [-0.2, -0.15) is 0 Å². The van der Waals surface area contributed by atoms with E-state index in [0.29, 0.717) is 11.5 Å². The molecule has 3 nitrogen and oxygen atoms in total. The summed E-state index contributed by atoms with van der Waals surface area (Å²) in [6.45, 7) is 6.62. The topological polar surface area (TPSA) is 48.1 Å². The van der Waals surface area contributed by atoms with Gasteiger partial charge in [0.15, 0.2) is 0 Å². The smallest absolute Gasteiger partial charge is 0.213 e. The first-order valence-electron chi connectivity index (χ1n) is 6.84. The predicted molar refractivity (Wildman–Crippen MR) is 73.5 cm³/mol. The van der Waals surface area contributed by atoms with E-state index in [1.807, 2.05) is 25.3 Å². The van der Waals surface area contributed by atoms with Gasteiger partial charge >= 0.3 is 0 Å². The molecule has 0 aliphatic heterocycles. The van der Waals surface area contributed by atoms with E-state index in [9.17, 15) is 0 Å². The number of rotatable bonds is 3. The van der Waals surface area contributed by atoms with Crippen LogP contribution in [0, 0.1) is 5.41 Å². The van der Waals surface area contributed by atoms with Crippen LogP contribution in [0.5, 0.6) is 5.88 Å². The molecule has 1 heterocycles. The molecule has 0 bridgehead atoms. The van der Waals surface area contributed by atoms with E-state index in [1.165, 1.54) is 12.8 Å². The van der Waals surface area contributed by atoms with Crippen molar-refractivity contribution in [1.82, 2.24) is 4.98 Å². The Morgan fingerprint density at radius 1 is 1.33 bits per heavy atom. The van der Waals surface area contributed by atoms with Crippen LogP contribution in [0.2, 0.25) is 0 Å². The number of pyridine rings is 1. The number of nitrogens with zero attached hydrogens (tertiary/aromatic N) is 1. The Bertz CT molecular complexity index is 374. The average molecular weight is 248 g/mol. The Morgan fingerprint density at radius 3 is 2.50 bits per heavy atom. The van der Waals surface area contributed by atoms with E-state index >= 15 is 0 Å². The summed E-state index contributed by atoms with van der Waals surface area (Å²) in [5.74, 6) is 0.726. The van der Waals surface area contributed by atoms with Crippen LogP contribution in [0.25, 0.3) is 0 Å². The molecule has 2 rings (SSSR count). The second-order valence-electron chi connectivity index (χ2n) is 6.20. The van der Waals surface area contributed by atoms with E-state index < -0.39 is 0 Å². The fourth-order valence-electron chi connectivity index (χ4n) is 2.39. The summed E-state index contributed by atoms with van der Waals surface area (Å²) in [4.78, 5) is 4.33. The number of aromatic nitrogens is 1. The summed E-state index contributed by atoms with van der Waals surface area (Å²) in [6.07, 6.45) is 6.86. The second kappa shape index (κ2) is 5.27. The van der Waals surface area contributed by atoms with Crippen molar-refractivity contribution in [2.24, 2.45) is 11.1 Å². The van der Waals surface area contributed by atoms with Crippen molar-refractivity contribution in [3.63, 3.8) is 0 Å². The maximum atomic E-state index is 5.93. The highest BCUT2D eigenvalue weighted by Gasteiger charge is 2.27. The minimum absolute atomic E-state index is 0.0297. The molecule has 1 saturated carbocycles. The van der Waals surface area contributed by atoms with Gasteiger partial charge in [-0.3, -0.25) is 0 Å². The van der Waals surface area contributed by atoms with Crippen molar-refractivity contribution in [3.8, 4) is 5.88 Å². The summed E-state index contributed by atoms with van der Waals surface area (Å²) < 4.78 is 5.93. The monoisotopic (exact) mass is 248 g/mol. The van der Waals surface area contributed by atoms with Crippen LogP contribution in [-0.2, 0) is 0 Å². The molecule has 1 aliphatic rings. The molecule has 3 heteroatoms. The third-order valence-corrected chi connectivity index (χ3v) is 3.86. The lowest BCUT2D eigenvalue weighted by atomic mass is 9.76. The highest BCUT2D eigenvalue weighted by molar-refractivity contribution is 5.20. The van der Waals surface area contributed by atoms with Crippen LogP contribution < -0.4 is 10.5 Å². The summed E-state index contributed by atoms with van der Waals surface area (Å²) >= 11 is 0. The molecule has 0 amide bonds. The molecule has 1 fully saturated rings. The molecular formula is C15H24N2O. The lowest BCUT2D eigenvalue weighted by molar-refractivity contribution is 0.0949. The maximum absolute atomic E-state index is 5.93. The molecule has 0 radical (unpaired) electrons. The van der Waals surface area contributed by atoms with Gasteiger partial charge in [-0.15, -0.1) is 0 Å². The summed E-state index contributed by atoms with van der Waals surface area (Å²) in [6, 6.07) is 3.96. The first kappa shape index (κ1) is 13.3. The van der Waals surface area contributed by atoms with Crippen molar-refractivity contribution in [1.29, 1.82) is 0 Å². The van der Waals surface area contributed by atoms with E-state index in [4.69, 9.17) is 10.5 Å². The van der Waals surface area contributed by atoms with Gasteiger partial charge in [0.05, 0.1) is 0 Å². The zero-order valence-corrected chi connectivity index (χ0v) is 11.6. The van der Waals surface area contributed by atoms with Gasteiger partial charge in [0.1, 0.15) is 6.10 Å². The van der Waals surface area contributed by atoms with Crippen molar-refractivity contribution in [2.75, 3.05) is 0 Å². The highest BCUT2D eigenvalue weighted by atomic mass is 16.5. The van der Waals surface area contributed by atoms with Crippen molar-refractivity contribution >= 4 is 0 Å². The summed E-state index contributed by atoms with van der Waals surface area (Å²) in [5, 5.41) is 0. The number of hydrogen-bond donors (Lipinski definition) is 1. The predicted octanol–water partition coefficient (Wildman–Crippen LogP) is 3.45. The number of nitrogens with two attached hydrogens (primary N) is 1. The van der Waals surface area contributed by atoms with Crippen LogP contribution in [0.1, 0.15) is 58.1 Å². The third kappa shape index (κ3) is 3.45. The Hall–Kier alpha value is -1.09. The summed E-state index contributed by atoms with van der Waals surface area (Å²) in [5.41, 5.74) is 7.32. The summed E-state index contributed by atoms with van der Waals surface area (Å²) in [7, 11) is 0. The molecule has 0 spiro atoms. The van der Waals surface area contributed by atoms with E-state index in [2.05, 4.69) is 18.8 Å². The Balaban J connectivity index is 1.90. The largest absolute Gasteiger partial charge is 0.474 e. The molecule has 2 N–H and O–H groups in total. The Labute approximate surface area is 110 Å². The molecule has 18 heavy (non-hydrogen) atoms. The maximum Gasteiger partial charge on any atom is 0.213 e. The SMILES string of the molecule is C[C@H](N)c1ccc(OC2CCC(C)(C)CC2)nc1. The van der Waals surface area contributed by atoms with Gasteiger partial charge < -0.3 is 10.5 Å². The van der Waals surface area contributed by atoms with Crippen LogP contribution in [0.15, 0.2) is 18.3 Å². The second-order valence-corrected chi connectivity index (χ2v) is 6.20. The number of hydrogen-bond acceptors (Lipinski definition) is 3. The molecule has 0 saturated heterocycles. The van der Waals surface area contributed by atoms with E-state index in [-0.39, 0.29) is 6.04 Å². The minimum Gasteiger partial charge on any atom is -0.474 e. The van der Waals surface area contributed by atoms with Gasteiger partial charge in [-0.1, -0.05) is 19.9 Å². The number of ether oxygens (including phenoxy) is 1. The molecule has 0 aromatic carbocycles. The molecule has 1 aromatic heterocycles. The van der Waals surface area contributed by atoms with E-state index in [0.717, 1.165) is 24.3 Å². The molecular weight excluding hydrogens is 224 g/mol. The zero-order chi connectivity index (χ0) is 13.2.